The van der Waals surface area contributed by atoms with Crippen LogP contribution >= 0.6 is 24.0 Å². The molecule has 0 heterocycles. The largest absolute Gasteiger partial charge is 0.370 e. The molecular formula is C17H21IN4O. The Morgan fingerprint density at radius 2 is 1.74 bits per heavy atom. The van der Waals surface area contributed by atoms with Gasteiger partial charge in [-0.3, -0.25) is 4.79 Å². The van der Waals surface area contributed by atoms with Crippen LogP contribution in [-0.4, -0.2) is 18.4 Å². The molecule has 1 amide bonds. The number of benzene rings is 2. The highest BCUT2D eigenvalue weighted by Crippen LogP contribution is 2.10. The fourth-order valence-corrected chi connectivity index (χ4v) is 1.94. The fourth-order valence-electron chi connectivity index (χ4n) is 1.94. The van der Waals surface area contributed by atoms with Gasteiger partial charge in [0.25, 0.3) is 0 Å². The third kappa shape index (κ3) is 6.68. The summed E-state index contributed by atoms with van der Waals surface area (Å²) >= 11 is 0. The molecule has 0 radical (unpaired) electrons. The first-order chi connectivity index (χ1) is 10.7. The van der Waals surface area contributed by atoms with Crippen LogP contribution in [0.4, 0.5) is 11.4 Å². The molecule has 0 bridgehead atoms. The number of halogens is 1. The minimum Gasteiger partial charge on any atom is -0.370 e. The Kier molecular flexibility index (Phi) is 8.10. The molecule has 4 N–H and O–H groups in total. The number of nitrogens with one attached hydrogen (secondary N) is 2. The maximum absolute atomic E-state index is 11.9. The molecule has 0 aliphatic carbocycles. The number of aryl methyl sites for hydroxylation is 1. The average Bonchev–Trinajstić information content (AvgIpc) is 2.54. The van der Waals surface area contributed by atoms with Crippen molar-refractivity contribution in [1.82, 2.24) is 0 Å². The van der Waals surface area contributed by atoms with Crippen molar-refractivity contribution < 1.29 is 4.79 Å². The van der Waals surface area contributed by atoms with Crippen LogP contribution in [0.15, 0.2) is 59.6 Å². The van der Waals surface area contributed by atoms with E-state index in [1.165, 1.54) is 5.56 Å². The zero-order valence-electron chi connectivity index (χ0n) is 13.0. The highest BCUT2D eigenvalue weighted by atomic mass is 127. The number of anilines is 2. The lowest BCUT2D eigenvalue weighted by atomic mass is 10.1. The number of hydrogen-bond acceptors (Lipinski definition) is 2. The van der Waals surface area contributed by atoms with Crippen molar-refractivity contribution in [1.29, 1.82) is 0 Å². The summed E-state index contributed by atoms with van der Waals surface area (Å²) in [6, 6.07) is 17.2. The normalized spacial score (nSPS) is 10.6. The summed E-state index contributed by atoms with van der Waals surface area (Å²) in [5, 5.41) is 5.73. The molecule has 0 atom stereocenters. The van der Waals surface area contributed by atoms with E-state index >= 15 is 0 Å². The molecule has 2 rings (SSSR count). The summed E-state index contributed by atoms with van der Waals surface area (Å²) in [6.45, 7) is 2.04. The number of hydrogen-bond donors (Lipinski definition) is 3. The summed E-state index contributed by atoms with van der Waals surface area (Å²) in [5.74, 6) is 0.00900. The van der Waals surface area contributed by atoms with Gasteiger partial charge in [-0.2, -0.15) is 0 Å². The Labute approximate surface area is 153 Å². The van der Waals surface area contributed by atoms with E-state index in [4.69, 9.17) is 5.73 Å². The maximum atomic E-state index is 11.9. The second-order valence-electron chi connectivity index (χ2n) is 4.79. The molecule has 0 saturated heterocycles. The Morgan fingerprint density at radius 1 is 1.04 bits per heavy atom. The van der Waals surface area contributed by atoms with Gasteiger partial charge in [0, 0.05) is 11.4 Å². The van der Waals surface area contributed by atoms with Crippen LogP contribution in [0.3, 0.4) is 0 Å². The Balaban J connectivity index is 0.00000264. The highest BCUT2D eigenvalue weighted by Gasteiger charge is 2.02. The predicted octanol–water partition coefficient (Wildman–Crippen LogP) is 3.23. The number of para-hydroxylation sites is 1. The first-order valence-electron chi connectivity index (χ1n) is 7.18. The van der Waals surface area contributed by atoms with E-state index in [2.05, 4.69) is 22.5 Å². The quantitative estimate of drug-likeness (QED) is 0.392. The number of carbonyl (C=O) groups is 1. The lowest BCUT2D eigenvalue weighted by Gasteiger charge is -2.07. The van der Waals surface area contributed by atoms with Crippen molar-refractivity contribution in [2.45, 2.75) is 13.3 Å². The Bertz CT molecular complexity index is 659. The van der Waals surface area contributed by atoms with E-state index < -0.39 is 0 Å². The molecule has 5 nitrogen and oxygen atoms in total. The molecule has 0 saturated carbocycles. The van der Waals surface area contributed by atoms with Gasteiger partial charge in [0.1, 0.15) is 6.54 Å². The number of rotatable bonds is 5. The summed E-state index contributed by atoms with van der Waals surface area (Å²) in [5.41, 5.74) is 8.53. The molecule has 0 aromatic heterocycles. The van der Waals surface area contributed by atoms with Gasteiger partial charge in [-0.15, -0.1) is 24.0 Å². The summed E-state index contributed by atoms with van der Waals surface area (Å²) in [4.78, 5) is 15.9. The Hall–Kier alpha value is -2.09. The number of nitrogens with two attached hydrogens (primary N) is 1. The van der Waals surface area contributed by atoms with Crippen LogP contribution in [0.5, 0.6) is 0 Å². The number of aliphatic imine (C=N–C) groups is 1. The molecule has 0 aliphatic heterocycles. The molecule has 23 heavy (non-hydrogen) atoms. The van der Waals surface area contributed by atoms with E-state index in [1.807, 2.05) is 54.6 Å². The van der Waals surface area contributed by atoms with Crippen LogP contribution in [0.25, 0.3) is 0 Å². The summed E-state index contributed by atoms with van der Waals surface area (Å²) in [7, 11) is 0. The molecule has 0 spiro atoms. The standard InChI is InChI=1S/C17H20N4O.HI/c1-2-13-7-6-10-15(11-13)20-16(22)12-19-17(18)21-14-8-4-3-5-9-14;/h3-11H,2,12H2,1H3,(H,20,22)(H3,18,19,21);1H. The lowest BCUT2D eigenvalue weighted by Crippen LogP contribution is -2.25. The van der Waals surface area contributed by atoms with Gasteiger partial charge < -0.3 is 16.4 Å². The second-order valence-corrected chi connectivity index (χ2v) is 4.79. The fraction of sp³-hybridized carbons (Fsp3) is 0.176. The Morgan fingerprint density at radius 3 is 2.43 bits per heavy atom. The van der Waals surface area contributed by atoms with Crippen LogP contribution in [0.2, 0.25) is 0 Å². The van der Waals surface area contributed by atoms with E-state index in [9.17, 15) is 4.79 Å². The van der Waals surface area contributed by atoms with Crippen molar-refractivity contribution in [3.8, 4) is 0 Å². The first kappa shape index (κ1) is 19.0. The van der Waals surface area contributed by atoms with Gasteiger partial charge in [0.05, 0.1) is 0 Å². The summed E-state index contributed by atoms with van der Waals surface area (Å²) < 4.78 is 0. The first-order valence-corrected chi connectivity index (χ1v) is 7.18. The third-order valence-electron chi connectivity index (χ3n) is 3.06. The molecule has 0 fully saturated rings. The van der Waals surface area contributed by atoms with E-state index in [-0.39, 0.29) is 42.4 Å². The van der Waals surface area contributed by atoms with Crippen LogP contribution < -0.4 is 16.4 Å². The molecule has 6 heteroatoms. The second kappa shape index (κ2) is 9.83. The third-order valence-corrected chi connectivity index (χ3v) is 3.06. The highest BCUT2D eigenvalue weighted by molar-refractivity contribution is 14.0. The zero-order valence-corrected chi connectivity index (χ0v) is 15.3. The molecule has 2 aromatic rings. The van der Waals surface area contributed by atoms with E-state index in [0.717, 1.165) is 17.8 Å². The zero-order chi connectivity index (χ0) is 15.8. The van der Waals surface area contributed by atoms with Crippen LogP contribution in [0, 0.1) is 0 Å². The molecule has 0 unspecified atom stereocenters. The molecular weight excluding hydrogens is 403 g/mol. The molecule has 122 valence electrons. The lowest BCUT2D eigenvalue weighted by molar-refractivity contribution is -0.114. The van der Waals surface area contributed by atoms with Crippen molar-refractivity contribution in [2.24, 2.45) is 10.7 Å². The van der Waals surface area contributed by atoms with E-state index in [1.54, 1.807) is 0 Å². The van der Waals surface area contributed by atoms with Gasteiger partial charge >= 0.3 is 0 Å². The smallest absolute Gasteiger partial charge is 0.246 e. The van der Waals surface area contributed by atoms with Gasteiger partial charge in [0.2, 0.25) is 5.91 Å². The maximum Gasteiger partial charge on any atom is 0.246 e. The van der Waals surface area contributed by atoms with Gasteiger partial charge in [-0.05, 0) is 36.2 Å². The van der Waals surface area contributed by atoms with E-state index in [0.29, 0.717) is 0 Å². The van der Waals surface area contributed by atoms with Crippen molar-refractivity contribution in [2.75, 3.05) is 17.2 Å². The number of nitrogens with zero attached hydrogens (tertiary/aromatic N) is 1. The number of amides is 1. The topological polar surface area (TPSA) is 79.5 Å². The van der Waals surface area contributed by atoms with Gasteiger partial charge in [-0.25, -0.2) is 4.99 Å². The minimum absolute atomic E-state index is 0. The number of carbonyl (C=O) groups excluding carboxylic acids is 1. The van der Waals surface area contributed by atoms with Crippen molar-refractivity contribution in [3.05, 3.63) is 60.2 Å². The van der Waals surface area contributed by atoms with Crippen LogP contribution in [-0.2, 0) is 11.2 Å². The summed E-state index contributed by atoms with van der Waals surface area (Å²) in [6.07, 6.45) is 0.926. The molecule has 0 aliphatic rings. The minimum atomic E-state index is -0.203. The monoisotopic (exact) mass is 424 g/mol. The van der Waals surface area contributed by atoms with Crippen molar-refractivity contribution >= 4 is 47.2 Å². The van der Waals surface area contributed by atoms with Gasteiger partial charge in [-0.1, -0.05) is 37.3 Å². The van der Waals surface area contributed by atoms with Crippen LogP contribution in [0.1, 0.15) is 12.5 Å². The average molecular weight is 424 g/mol. The molecule has 2 aromatic carbocycles. The van der Waals surface area contributed by atoms with Gasteiger partial charge in [0.15, 0.2) is 5.96 Å². The predicted molar refractivity (Wildman–Crippen MR) is 106 cm³/mol. The SMILES string of the molecule is CCc1cccc(NC(=O)CN=C(N)Nc2ccccc2)c1.I. The number of guanidine groups is 1. The van der Waals surface area contributed by atoms with Crippen molar-refractivity contribution in [3.63, 3.8) is 0 Å².